The summed E-state index contributed by atoms with van der Waals surface area (Å²) >= 11 is 0. The first-order chi connectivity index (χ1) is 5.74. The fourth-order valence-corrected chi connectivity index (χ4v) is 0. The van der Waals surface area contributed by atoms with Crippen LogP contribution < -0.4 is 0 Å². The van der Waals surface area contributed by atoms with E-state index in [-0.39, 0.29) is 41.7 Å². The molecule has 1 heteroatoms. The predicted octanol–water partition coefficient (Wildman–Crippen LogP) is 4.86. The van der Waals surface area contributed by atoms with Crippen molar-refractivity contribution in [1.82, 2.24) is 0 Å². The quantitative estimate of drug-likeness (QED) is 0.653. The van der Waals surface area contributed by atoms with Gasteiger partial charge in [-0.1, -0.05) is 40.0 Å². The van der Waals surface area contributed by atoms with Gasteiger partial charge in [0.25, 0.3) is 0 Å². The summed E-state index contributed by atoms with van der Waals surface area (Å²) in [6.45, 7) is 17.2. The third-order valence-corrected chi connectivity index (χ3v) is 1.06. The summed E-state index contributed by atoms with van der Waals surface area (Å²) in [5.74, 6) is 0. The third-order valence-electron chi connectivity index (χ3n) is 1.06. The van der Waals surface area contributed by atoms with Crippen molar-refractivity contribution in [2.75, 3.05) is 0 Å². The molecular weight excluding hydrogens is 284 g/mol. The maximum atomic E-state index is 3.60. The number of rotatable bonds is 3. The Hall–Kier alpha value is 1.38. The smallest absolute Gasteiger partial charge is 0.343 e. The molecule has 0 nitrogen and oxygen atoms in total. The van der Waals surface area contributed by atoms with E-state index in [0.29, 0.717) is 0 Å². The third kappa shape index (κ3) is 90.4. The van der Waals surface area contributed by atoms with Gasteiger partial charge in [-0.25, -0.2) is 0 Å². The first-order valence-electron chi connectivity index (χ1n) is 5.12. The molecule has 0 saturated carbocycles. The molecule has 79 valence electrons. The van der Waals surface area contributed by atoms with Gasteiger partial charge in [-0.05, 0) is 0 Å². The van der Waals surface area contributed by atoms with E-state index < -0.39 is 0 Å². The zero-order chi connectivity index (χ0) is 10.2. The molecule has 0 fully saturated rings. The van der Waals surface area contributed by atoms with Crippen LogP contribution in [0.5, 0.6) is 0 Å². The first-order valence-corrected chi connectivity index (χ1v) is 5.12. The monoisotopic (exact) mass is 311 g/mol. The van der Waals surface area contributed by atoms with Crippen LogP contribution >= 0.6 is 0 Å². The Balaban J connectivity index is -0.0000000450. The van der Waals surface area contributed by atoms with Gasteiger partial charge in [0.05, 0.1) is 0 Å². The Bertz CT molecular complexity index is 20.6. The van der Waals surface area contributed by atoms with E-state index in [9.17, 15) is 0 Å². The van der Waals surface area contributed by atoms with Gasteiger partial charge in [0.1, 0.15) is 0 Å². The molecule has 0 unspecified atom stereocenters. The van der Waals surface area contributed by atoms with Crippen molar-refractivity contribution in [3.63, 3.8) is 0 Å². The largest absolute Gasteiger partial charge is 3.00 e. The minimum atomic E-state index is 0. The molecule has 0 aliphatic heterocycles. The van der Waals surface area contributed by atoms with Gasteiger partial charge in [0.2, 0.25) is 0 Å². The normalized spacial score (nSPS) is 6.92. The van der Waals surface area contributed by atoms with Crippen molar-refractivity contribution < 1.29 is 41.7 Å². The second kappa shape index (κ2) is 37.7. The van der Waals surface area contributed by atoms with Gasteiger partial charge in [-0.2, -0.15) is 19.3 Å². The maximum absolute atomic E-state index is 3.60. The molecule has 0 aromatic carbocycles. The maximum Gasteiger partial charge on any atom is 3.00 e. The number of hydrogen-bond acceptors (Lipinski definition) is 0. The van der Waals surface area contributed by atoms with Crippen molar-refractivity contribution in [2.24, 2.45) is 0 Å². The molecule has 0 N–H and O–H groups in total. The number of unbranched alkanes of at least 4 members (excludes halogenated alkanes) is 3. The van der Waals surface area contributed by atoms with Gasteiger partial charge in [0, 0.05) is 0 Å². The Morgan fingerprint density at radius 3 is 0.692 bits per heavy atom. The zero-order valence-electron chi connectivity index (χ0n) is 9.86. The fraction of sp³-hybridized carbons (Fsp3) is 0.750. The minimum Gasteiger partial charge on any atom is -0.343 e. The van der Waals surface area contributed by atoms with E-state index in [1.807, 2.05) is 0 Å². The van der Waals surface area contributed by atoms with Crippen LogP contribution in [-0.2, 0) is 0 Å². The molecule has 0 atom stereocenters. The van der Waals surface area contributed by atoms with E-state index >= 15 is 0 Å². The predicted molar refractivity (Wildman–Crippen MR) is 60.8 cm³/mol. The summed E-state index contributed by atoms with van der Waals surface area (Å²) in [5, 5.41) is 0. The van der Waals surface area contributed by atoms with Crippen molar-refractivity contribution in [3.05, 3.63) is 20.8 Å². The molecule has 1 radical (unpaired) electrons. The summed E-state index contributed by atoms with van der Waals surface area (Å²) in [5.41, 5.74) is 0. The summed E-state index contributed by atoms with van der Waals surface area (Å²) in [7, 11) is 0. The fourth-order valence-electron chi connectivity index (χ4n) is 0. The second-order valence-electron chi connectivity index (χ2n) is 2.56. The van der Waals surface area contributed by atoms with Crippen molar-refractivity contribution >= 4 is 0 Å². The Morgan fingerprint density at radius 2 is 0.692 bits per heavy atom. The van der Waals surface area contributed by atoms with Gasteiger partial charge >= 0.3 is 41.7 Å². The van der Waals surface area contributed by atoms with Gasteiger partial charge < -0.3 is 20.8 Å². The summed E-state index contributed by atoms with van der Waals surface area (Å²) in [4.78, 5) is 0. The van der Waals surface area contributed by atoms with E-state index in [2.05, 4.69) is 41.5 Å². The topological polar surface area (TPSA) is 0 Å². The van der Waals surface area contributed by atoms with Crippen LogP contribution in [0.2, 0.25) is 0 Å². The van der Waals surface area contributed by atoms with Crippen LogP contribution in [0.25, 0.3) is 0 Å². The van der Waals surface area contributed by atoms with Crippen LogP contribution in [0.4, 0.5) is 0 Å². The average molecular weight is 311 g/mol. The van der Waals surface area contributed by atoms with Crippen molar-refractivity contribution in [2.45, 2.75) is 59.3 Å². The Labute approximate surface area is 121 Å². The van der Waals surface area contributed by atoms with Crippen LogP contribution in [0, 0.1) is 62.5 Å². The van der Waals surface area contributed by atoms with Gasteiger partial charge in [0.15, 0.2) is 0 Å². The van der Waals surface area contributed by atoms with Crippen molar-refractivity contribution in [1.29, 1.82) is 0 Å². The van der Waals surface area contributed by atoms with Gasteiger partial charge in [-0.15, -0.1) is 0 Å². The molecule has 0 rings (SSSR count). The summed E-state index contributed by atoms with van der Waals surface area (Å²) in [6.07, 6.45) is 6.83. The minimum absolute atomic E-state index is 0. The second-order valence-corrected chi connectivity index (χ2v) is 2.56. The van der Waals surface area contributed by atoms with Crippen LogP contribution in [0.15, 0.2) is 0 Å². The molecule has 0 aromatic rings. The molecule has 13 heavy (non-hydrogen) atoms. The molecule has 0 saturated heterocycles. The van der Waals surface area contributed by atoms with E-state index in [4.69, 9.17) is 0 Å². The Kier molecular flexibility index (Phi) is 69.2. The molecule has 0 spiro atoms. The molecule has 0 aromatic heterocycles. The summed E-state index contributed by atoms with van der Waals surface area (Å²) < 4.78 is 0. The Morgan fingerprint density at radius 1 is 0.615 bits per heavy atom. The molecule has 0 amide bonds. The van der Waals surface area contributed by atoms with Crippen molar-refractivity contribution in [3.8, 4) is 0 Å². The SMILES string of the molecule is [CH2-]CCC.[CH2-]CCC.[CH2-]CCC.[Ce+3]. The number of hydrogen-bond donors (Lipinski definition) is 0. The van der Waals surface area contributed by atoms with E-state index in [0.717, 1.165) is 19.3 Å². The molecule has 0 heterocycles. The zero-order valence-corrected chi connectivity index (χ0v) is 13.0. The molecule has 0 aliphatic rings. The van der Waals surface area contributed by atoms with Crippen LogP contribution in [0.3, 0.4) is 0 Å². The van der Waals surface area contributed by atoms with Crippen LogP contribution in [-0.4, -0.2) is 0 Å². The van der Waals surface area contributed by atoms with Gasteiger partial charge in [-0.3, -0.25) is 0 Å². The standard InChI is InChI=1S/3C4H9.Ce/c3*1-3-4-2;/h3*1,3-4H2,2H3;/q3*-1;+3. The first kappa shape index (κ1) is 23.9. The molecular formula is C12H27Ce. The molecule has 0 bridgehead atoms. The summed E-state index contributed by atoms with van der Waals surface area (Å²) in [6, 6.07) is 0. The van der Waals surface area contributed by atoms with E-state index in [1.165, 1.54) is 19.3 Å². The van der Waals surface area contributed by atoms with E-state index in [1.54, 1.807) is 0 Å². The molecule has 0 aliphatic carbocycles. The average Bonchev–Trinajstić information content (AvgIpc) is 2.18. The van der Waals surface area contributed by atoms with Crippen LogP contribution in [0.1, 0.15) is 59.3 Å².